The van der Waals surface area contributed by atoms with E-state index in [0.29, 0.717) is 32.3 Å². The molecule has 0 bridgehead atoms. The normalized spacial score (nSPS) is 17.7. The molecule has 2 atom stereocenters. The number of nitrogens with one attached hydrogen (secondary N) is 1. The highest BCUT2D eigenvalue weighted by atomic mass is 31.1. The largest absolute Gasteiger partial charge is 0.355 e. The number of anilines is 2. The number of hydrogen-bond donors (Lipinski definition) is 1. The molecule has 10 heteroatoms. The van der Waals surface area contributed by atoms with Crippen LogP contribution in [-0.2, 0) is 0 Å². The summed E-state index contributed by atoms with van der Waals surface area (Å²) in [4.78, 5) is 11.6. The van der Waals surface area contributed by atoms with E-state index < -0.39 is 11.6 Å². The Bertz CT molecular complexity index is 1290. The van der Waals surface area contributed by atoms with E-state index in [1.165, 1.54) is 18.2 Å². The second kappa shape index (κ2) is 8.53. The van der Waals surface area contributed by atoms with E-state index in [0.717, 1.165) is 36.5 Å². The van der Waals surface area contributed by atoms with E-state index in [-0.39, 0.29) is 17.3 Å². The van der Waals surface area contributed by atoms with Crippen molar-refractivity contribution in [1.29, 1.82) is 5.26 Å². The Balaban J connectivity index is 1.71. The fraction of sp³-hybridized carbons (Fsp3) is 0.304. The molecule has 1 saturated heterocycles. The minimum absolute atomic E-state index is 0.0341. The number of aryl methyl sites for hydroxylation is 1. The molecule has 0 spiro atoms. The maximum Gasteiger partial charge on any atom is 0.144 e. The first kappa shape index (κ1) is 21.5. The third kappa shape index (κ3) is 3.75. The molecule has 168 valence electrons. The number of amidine groups is 1. The third-order valence-electron chi connectivity index (χ3n) is 5.99. The van der Waals surface area contributed by atoms with Gasteiger partial charge in [0, 0.05) is 27.4 Å². The van der Waals surface area contributed by atoms with E-state index in [4.69, 9.17) is 4.98 Å². The van der Waals surface area contributed by atoms with Gasteiger partial charge in [-0.15, -0.1) is 0 Å². The van der Waals surface area contributed by atoms with Crippen LogP contribution in [0.15, 0.2) is 35.5 Å². The Morgan fingerprint density at radius 2 is 2.06 bits per heavy atom. The van der Waals surface area contributed by atoms with Crippen molar-refractivity contribution in [1.82, 2.24) is 14.5 Å². The Kier molecular flexibility index (Phi) is 5.55. The minimum atomic E-state index is -0.700. The van der Waals surface area contributed by atoms with E-state index in [1.807, 2.05) is 24.1 Å². The monoisotopic (exact) mass is 465 g/mol. The summed E-state index contributed by atoms with van der Waals surface area (Å²) in [6.07, 6.45) is 3.46. The maximum atomic E-state index is 14.6. The predicted molar refractivity (Wildman–Crippen MR) is 127 cm³/mol. The van der Waals surface area contributed by atoms with Crippen LogP contribution in [0.4, 0.5) is 26.0 Å². The van der Waals surface area contributed by atoms with Gasteiger partial charge in [0.05, 0.1) is 46.5 Å². The van der Waals surface area contributed by atoms with Crippen molar-refractivity contribution in [3.8, 4) is 17.3 Å². The lowest BCUT2D eigenvalue weighted by molar-refractivity contribution is 0.490. The van der Waals surface area contributed by atoms with Gasteiger partial charge in [0.2, 0.25) is 0 Å². The summed E-state index contributed by atoms with van der Waals surface area (Å²) in [6, 6.07) is 8.07. The van der Waals surface area contributed by atoms with E-state index in [2.05, 4.69) is 26.4 Å². The number of nitrogens with zero attached hydrogens (tertiary/aromatic N) is 6. The zero-order chi connectivity index (χ0) is 23.1. The molecule has 4 heterocycles. The number of aromatic nitrogens is 3. The van der Waals surface area contributed by atoms with Gasteiger partial charge in [-0.25, -0.2) is 23.2 Å². The summed E-state index contributed by atoms with van der Waals surface area (Å²) in [6.45, 7) is 5.29. The van der Waals surface area contributed by atoms with Crippen LogP contribution in [0.2, 0.25) is 0 Å². The first-order chi connectivity index (χ1) is 16.0. The van der Waals surface area contributed by atoms with Gasteiger partial charge in [-0.2, -0.15) is 10.4 Å². The van der Waals surface area contributed by atoms with E-state index >= 15 is 0 Å². The van der Waals surface area contributed by atoms with E-state index in [9.17, 15) is 14.0 Å². The molecule has 1 N–H and O–H groups in total. The third-order valence-corrected chi connectivity index (χ3v) is 6.76. The number of benzene rings is 1. The van der Waals surface area contributed by atoms with Gasteiger partial charge in [-0.3, -0.25) is 0 Å². The van der Waals surface area contributed by atoms with Crippen LogP contribution in [0.3, 0.4) is 0 Å². The van der Waals surface area contributed by atoms with Crippen LogP contribution >= 0.6 is 8.73 Å². The molecule has 7 nitrogen and oxygen atoms in total. The number of halogens is 2. The summed E-state index contributed by atoms with van der Waals surface area (Å²) < 4.78 is 31.1. The van der Waals surface area contributed by atoms with Gasteiger partial charge in [-0.1, -0.05) is 6.07 Å². The molecule has 0 radical (unpaired) electrons. The summed E-state index contributed by atoms with van der Waals surface area (Å²) in [5.74, 6) is -0.596. The molecule has 0 saturated carbocycles. The number of pyridine rings is 1. The second-order valence-electron chi connectivity index (χ2n) is 8.10. The van der Waals surface area contributed by atoms with Gasteiger partial charge in [0.1, 0.15) is 23.3 Å². The van der Waals surface area contributed by atoms with Crippen molar-refractivity contribution in [2.45, 2.75) is 19.8 Å². The topological polar surface area (TPSA) is 82.1 Å². The van der Waals surface area contributed by atoms with Crippen LogP contribution < -0.4 is 10.2 Å². The van der Waals surface area contributed by atoms with Crippen molar-refractivity contribution in [2.24, 2.45) is 10.9 Å². The molecule has 2 aliphatic heterocycles. The molecular weight excluding hydrogens is 443 g/mol. The molecular formula is C23H22F2N7P. The van der Waals surface area contributed by atoms with Crippen molar-refractivity contribution in [2.75, 3.05) is 30.0 Å². The molecule has 1 unspecified atom stereocenters. The van der Waals surface area contributed by atoms with Crippen LogP contribution in [0, 0.1) is 35.8 Å². The highest BCUT2D eigenvalue weighted by molar-refractivity contribution is 7.35. The highest BCUT2D eigenvalue weighted by Crippen LogP contribution is 2.43. The molecule has 33 heavy (non-hydrogen) atoms. The number of fused-ring (bicyclic) bond motifs is 3. The Hall–Kier alpha value is -3.37. The Labute approximate surface area is 192 Å². The molecule has 0 amide bonds. The van der Waals surface area contributed by atoms with Crippen molar-refractivity contribution < 1.29 is 8.78 Å². The number of nitriles is 1. The van der Waals surface area contributed by atoms with Gasteiger partial charge < -0.3 is 10.2 Å². The lowest BCUT2D eigenvalue weighted by Gasteiger charge is -2.31. The van der Waals surface area contributed by atoms with Crippen molar-refractivity contribution in [3.63, 3.8) is 0 Å². The SMILES string of the molecule is CPn1ncc2c1-c1cc(N3CCC[C@@H](C#N)C3)nc(C)c1N=C(c1c(F)cccc1F)N2. The smallest absolute Gasteiger partial charge is 0.144 e. The van der Waals surface area contributed by atoms with Gasteiger partial charge in [0.25, 0.3) is 0 Å². The zero-order valence-corrected chi connectivity index (χ0v) is 19.2. The number of rotatable bonds is 3. The fourth-order valence-electron chi connectivity index (χ4n) is 4.40. The van der Waals surface area contributed by atoms with E-state index in [1.54, 1.807) is 6.20 Å². The standard InChI is InChI=1S/C23H22F2N7P/c1-13-21-15(9-19(28-13)31-8-4-5-14(10-26)12-31)22-18(11-27-32(22)33-2)29-23(30-21)20-16(24)6-3-7-17(20)25/h3,6-7,9,11,14,33H,4-5,8,12H2,1-2H3,(H,29,30)/t14-/m0/s1. The van der Waals surface area contributed by atoms with Crippen LogP contribution in [-0.4, -0.2) is 40.1 Å². The zero-order valence-electron chi connectivity index (χ0n) is 18.2. The molecule has 1 fully saturated rings. The summed E-state index contributed by atoms with van der Waals surface area (Å²) in [5, 5.41) is 17.0. The number of aliphatic imine (C=N–C) groups is 1. The summed E-state index contributed by atoms with van der Waals surface area (Å²) >= 11 is 0. The van der Waals surface area contributed by atoms with Crippen LogP contribution in [0.5, 0.6) is 0 Å². The van der Waals surface area contributed by atoms with Crippen molar-refractivity contribution >= 4 is 31.8 Å². The number of piperidine rings is 1. The summed E-state index contributed by atoms with van der Waals surface area (Å²) in [7, 11) is 0.342. The van der Waals surface area contributed by atoms with Crippen LogP contribution in [0.25, 0.3) is 11.3 Å². The van der Waals surface area contributed by atoms with Gasteiger partial charge in [-0.05, 0) is 44.6 Å². The second-order valence-corrected chi connectivity index (χ2v) is 8.97. The minimum Gasteiger partial charge on any atom is -0.355 e. The molecule has 2 aliphatic rings. The van der Waals surface area contributed by atoms with Crippen LogP contribution in [0.1, 0.15) is 24.1 Å². The number of hydrogen-bond acceptors (Lipinski definition) is 6. The Morgan fingerprint density at radius 3 is 2.79 bits per heavy atom. The lowest BCUT2D eigenvalue weighted by Crippen LogP contribution is -2.35. The summed E-state index contributed by atoms with van der Waals surface area (Å²) in [5.41, 5.74) is 3.16. The maximum absolute atomic E-state index is 14.6. The average Bonchev–Trinajstić information content (AvgIpc) is 3.14. The Morgan fingerprint density at radius 1 is 1.27 bits per heavy atom. The molecule has 1 aromatic carbocycles. The molecule has 0 aliphatic carbocycles. The molecule has 2 aromatic heterocycles. The quantitative estimate of drug-likeness (QED) is 0.560. The van der Waals surface area contributed by atoms with Crippen molar-refractivity contribution in [3.05, 3.63) is 53.4 Å². The molecule has 3 aromatic rings. The highest BCUT2D eigenvalue weighted by Gasteiger charge is 2.28. The lowest BCUT2D eigenvalue weighted by atomic mass is 9.99. The first-order valence-electron chi connectivity index (χ1n) is 10.7. The first-order valence-corrected chi connectivity index (χ1v) is 12.2. The average molecular weight is 465 g/mol. The predicted octanol–water partition coefficient (Wildman–Crippen LogP) is 4.85. The fourth-order valence-corrected chi connectivity index (χ4v) is 5.04. The van der Waals surface area contributed by atoms with Gasteiger partial charge >= 0.3 is 0 Å². The van der Waals surface area contributed by atoms with Gasteiger partial charge in [0.15, 0.2) is 0 Å². The molecule has 5 rings (SSSR count).